The number of Topliss-reactive ketones (excluding diaryl/α,β-unsaturated/α-hetero) is 1. The van der Waals surface area contributed by atoms with E-state index in [1.807, 2.05) is 24.3 Å². The van der Waals surface area contributed by atoms with Crippen LogP contribution in [0.25, 0.3) is 16.9 Å². The summed E-state index contributed by atoms with van der Waals surface area (Å²) < 4.78 is 6.82. The van der Waals surface area contributed by atoms with Crippen LogP contribution in [-0.2, 0) is 4.74 Å². The number of aromatic nitrogens is 3. The highest BCUT2D eigenvalue weighted by molar-refractivity contribution is 6.03. The lowest BCUT2D eigenvalue weighted by Gasteiger charge is -2.11. The van der Waals surface area contributed by atoms with E-state index in [-0.39, 0.29) is 17.8 Å². The highest BCUT2D eigenvalue weighted by Crippen LogP contribution is 2.30. The average Bonchev–Trinajstić information content (AvgIpc) is 3.37. The van der Waals surface area contributed by atoms with Gasteiger partial charge in [-0.3, -0.25) is 10.1 Å². The lowest BCUT2D eigenvalue weighted by molar-refractivity contribution is 0.0924. The first-order valence-electron chi connectivity index (χ1n) is 9.98. The van der Waals surface area contributed by atoms with E-state index >= 15 is 0 Å². The standard InChI is InChI=1S/C22H24N4O3/c1-14(2)29-22(28)25-17-9-5-8-16(12-17)19-10-11-23-21-18(13-24-26(19)21)20(27)15-6-3-4-7-15/h5,8-15H,3-4,6-7H2,1-2H3,(H,25,28). The first-order chi connectivity index (χ1) is 14.0. The predicted molar refractivity (Wildman–Crippen MR) is 110 cm³/mol. The minimum atomic E-state index is -0.499. The van der Waals surface area contributed by atoms with Crippen molar-refractivity contribution in [3.8, 4) is 11.3 Å². The third kappa shape index (κ3) is 3.99. The van der Waals surface area contributed by atoms with Gasteiger partial charge in [0.1, 0.15) is 0 Å². The van der Waals surface area contributed by atoms with E-state index in [0.717, 1.165) is 36.9 Å². The van der Waals surface area contributed by atoms with Gasteiger partial charge in [-0.05, 0) is 44.9 Å². The number of ketones is 1. The highest BCUT2D eigenvalue weighted by atomic mass is 16.6. The van der Waals surface area contributed by atoms with Crippen molar-refractivity contribution in [2.75, 3.05) is 5.32 Å². The molecule has 7 nitrogen and oxygen atoms in total. The van der Waals surface area contributed by atoms with Crippen molar-refractivity contribution < 1.29 is 14.3 Å². The Bertz CT molecular complexity index is 1050. The first kappa shape index (κ1) is 19.1. The van der Waals surface area contributed by atoms with Crippen LogP contribution in [0.1, 0.15) is 49.9 Å². The Kier molecular flexibility index (Phi) is 5.29. The van der Waals surface area contributed by atoms with Crippen molar-refractivity contribution in [1.29, 1.82) is 0 Å². The molecule has 0 aliphatic heterocycles. The average molecular weight is 392 g/mol. The number of hydrogen-bond donors (Lipinski definition) is 1. The second-order valence-corrected chi connectivity index (χ2v) is 7.63. The van der Waals surface area contributed by atoms with Crippen LogP contribution in [0.3, 0.4) is 0 Å². The molecule has 29 heavy (non-hydrogen) atoms. The maximum Gasteiger partial charge on any atom is 0.411 e. The van der Waals surface area contributed by atoms with E-state index in [2.05, 4.69) is 15.4 Å². The highest BCUT2D eigenvalue weighted by Gasteiger charge is 2.27. The molecule has 1 aromatic carbocycles. The molecule has 4 rings (SSSR count). The summed E-state index contributed by atoms with van der Waals surface area (Å²) in [5.74, 6) is 0.210. The van der Waals surface area contributed by atoms with Crippen molar-refractivity contribution in [1.82, 2.24) is 14.6 Å². The summed E-state index contributed by atoms with van der Waals surface area (Å²) in [7, 11) is 0. The largest absolute Gasteiger partial charge is 0.447 e. The molecule has 2 aromatic heterocycles. The van der Waals surface area contributed by atoms with E-state index in [1.54, 1.807) is 36.8 Å². The Labute approximate surface area is 169 Å². The number of ether oxygens (including phenoxy) is 1. The Morgan fingerprint density at radius 2 is 2.00 bits per heavy atom. The number of carbonyl (C=O) groups is 2. The van der Waals surface area contributed by atoms with Gasteiger partial charge in [-0.1, -0.05) is 25.0 Å². The number of hydrogen-bond acceptors (Lipinski definition) is 5. The minimum absolute atomic E-state index is 0.0768. The molecule has 0 bridgehead atoms. The maximum absolute atomic E-state index is 12.9. The van der Waals surface area contributed by atoms with E-state index < -0.39 is 6.09 Å². The first-order valence-corrected chi connectivity index (χ1v) is 9.98. The van der Waals surface area contributed by atoms with E-state index in [4.69, 9.17) is 4.74 Å². The predicted octanol–water partition coefficient (Wildman–Crippen LogP) is 4.73. The van der Waals surface area contributed by atoms with Gasteiger partial charge in [0.05, 0.1) is 23.6 Å². The van der Waals surface area contributed by atoms with E-state index in [9.17, 15) is 9.59 Å². The summed E-state index contributed by atoms with van der Waals surface area (Å²) in [6.07, 6.45) is 6.70. The lowest BCUT2D eigenvalue weighted by Crippen LogP contribution is -2.17. The molecule has 2 heterocycles. The molecule has 150 valence electrons. The van der Waals surface area contributed by atoms with Crippen LogP contribution < -0.4 is 5.32 Å². The summed E-state index contributed by atoms with van der Waals surface area (Å²) in [5.41, 5.74) is 3.40. The molecule has 0 unspecified atom stereocenters. The van der Waals surface area contributed by atoms with Gasteiger partial charge in [-0.25, -0.2) is 14.3 Å². The molecule has 1 fully saturated rings. The molecule has 1 aliphatic rings. The molecule has 0 saturated heterocycles. The summed E-state index contributed by atoms with van der Waals surface area (Å²) in [6.45, 7) is 3.59. The normalized spacial score (nSPS) is 14.4. The van der Waals surface area contributed by atoms with Crippen molar-refractivity contribution in [2.45, 2.75) is 45.6 Å². The molecule has 0 spiro atoms. The van der Waals surface area contributed by atoms with Crippen LogP contribution in [0.5, 0.6) is 0 Å². The van der Waals surface area contributed by atoms with Gasteiger partial charge in [-0.15, -0.1) is 0 Å². The van der Waals surface area contributed by atoms with Gasteiger partial charge < -0.3 is 4.74 Å². The number of nitrogens with zero attached hydrogens (tertiary/aromatic N) is 3. The number of amides is 1. The smallest absolute Gasteiger partial charge is 0.411 e. The van der Waals surface area contributed by atoms with Crippen molar-refractivity contribution >= 4 is 23.2 Å². The van der Waals surface area contributed by atoms with Crippen molar-refractivity contribution in [2.24, 2.45) is 5.92 Å². The molecule has 1 aliphatic carbocycles. The quantitative estimate of drug-likeness (QED) is 0.635. The van der Waals surface area contributed by atoms with Crippen LogP contribution in [0, 0.1) is 5.92 Å². The Balaban J connectivity index is 1.65. The van der Waals surface area contributed by atoms with Gasteiger partial charge in [0.2, 0.25) is 0 Å². The molecule has 1 amide bonds. The number of rotatable bonds is 5. The van der Waals surface area contributed by atoms with Gasteiger partial charge in [0.25, 0.3) is 0 Å². The number of anilines is 1. The van der Waals surface area contributed by atoms with Crippen LogP contribution in [0.4, 0.5) is 10.5 Å². The van der Waals surface area contributed by atoms with Gasteiger partial charge in [0, 0.05) is 23.4 Å². The fraction of sp³-hybridized carbons (Fsp3) is 0.364. The number of fused-ring (bicyclic) bond motifs is 1. The zero-order valence-corrected chi connectivity index (χ0v) is 16.6. The molecule has 0 atom stereocenters. The molecule has 3 aromatic rings. The van der Waals surface area contributed by atoms with Crippen LogP contribution >= 0.6 is 0 Å². The Hall–Kier alpha value is -3.22. The fourth-order valence-electron chi connectivity index (χ4n) is 3.81. The second-order valence-electron chi connectivity index (χ2n) is 7.63. The van der Waals surface area contributed by atoms with Gasteiger partial charge in [0.15, 0.2) is 11.4 Å². The van der Waals surface area contributed by atoms with Gasteiger partial charge in [-0.2, -0.15) is 5.10 Å². The third-order valence-corrected chi connectivity index (χ3v) is 5.14. The van der Waals surface area contributed by atoms with E-state index in [1.165, 1.54) is 0 Å². The summed E-state index contributed by atoms with van der Waals surface area (Å²) in [5, 5.41) is 7.17. The summed E-state index contributed by atoms with van der Waals surface area (Å²) in [6, 6.07) is 9.25. The number of nitrogens with one attached hydrogen (secondary N) is 1. The molecular formula is C22H24N4O3. The molecule has 1 saturated carbocycles. The fourth-order valence-corrected chi connectivity index (χ4v) is 3.81. The summed E-state index contributed by atoms with van der Waals surface area (Å²) >= 11 is 0. The summed E-state index contributed by atoms with van der Waals surface area (Å²) in [4.78, 5) is 29.2. The molecule has 7 heteroatoms. The van der Waals surface area contributed by atoms with Crippen molar-refractivity contribution in [3.63, 3.8) is 0 Å². The SMILES string of the molecule is CC(C)OC(=O)Nc1cccc(-c2ccnc3c(C(=O)C4CCCC4)cnn23)c1. The Morgan fingerprint density at radius 3 is 2.76 bits per heavy atom. The third-order valence-electron chi connectivity index (χ3n) is 5.14. The maximum atomic E-state index is 12.9. The topological polar surface area (TPSA) is 85.6 Å². The second kappa shape index (κ2) is 8.03. The van der Waals surface area contributed by atoms with Crippen LogP contribution in [0.15, 0.2) is 42.7 Å². The molecule has 1 N–H and O–H groups in total. The lowest BCUT2D eigenvalue weighted by atomic mass is 9.98. The zero-order chi connectivity index (χ0) is 20.4. The minimum Gasteiger partial charge on any atom is -0.447 e. The van der Waals surface area contributed by atoms with E-state index in [0.29, 0.717) is 16.9 Å². The van der Waals surface area contributed by atoms with Crippen molar-refractivity contribution in [3.05, 3.63) is 48.3 Å². The van der Waals surface area contributed by atoms with Crippen LogP contribution in [-0.4, -0.2) is 32.6 Å². The monoisotopic (exact) mass is 392 g/mol. The zero-order valence-electron chi connectivity index (χ0n) is 16.6. The molecule has 0 radical (unpaired) electrons. The Morgan fingerprint density at radius 1 is 1.21 bits per heavy atom. The molecular weight excluding hydrogens is 368 g/mol. The number of benzene rings is 1. The van der Waals surface area contributed by atoms with Gasteiger partial charge >= 0.3 is 6.09 Å². The number of carbonyl (C=O) groups excluding carboxylic acids is 2. The van der Waals surface area contributed by atoms with Crippen LogP contribution in [0.2, 0.25) is 0 Å².